The van der Waals surface area contributed by atoms with Crippen LogP contribution < -0.4 is 5.32 Å². The third-order valence-corrected chi connectivity index (χ3v) is 6.25. The zero-order valence-electron chi connectivity index (χ0n) is 15.8. The maximum absolute atomic E-state index is 12.3. The van der Waals surface area contributed by atoms with Gasteiger partial charge in [0, 0.05) is 55.7 Å². The van der Waals surface area contributed by atoms with Crippen LogP contribution in [0.2, 0.25) is 0 Å². The van der Waals surface area contributed by atoms with Crippen molar-refractivity contribution >= 4 is 17.2 Å². The van der Waals surface area contributed by atoms with Crippen molar-refractivity contribution in [2.24, 2.45) is 7.05 Å². The second kappa shape index (κ2) is 6.88. The first-order chi connectivity index (χ1) is 11.8. The number of carbonyl (C=O) groups is 1. The Kier molecular flexibility index (Phi) is 4.97. The van der Waals surface area contributed by atoms with Crippen LogP contribution in [-0.4, -0.2) is 38.7 Å². The van der Waals surface area contributed by atoms with Gasteiger partial charge in [0.2, 0.25) is 5.91 Å². The van der Waals surface area contributed by atoms with Gasteiger partial charge >= 0.3 is 0 Å². The van der Waals surface area contributed by atoms with E-state index in [0.29, 0.717) is 18.9 Å². The lowest BCUT2D eigenvalue weighted by Crippen LogP contribution is -2.35. The topological polar surface area (TPSA) is 63.1 Å². The summed E-state index contributed by atoms with van der Waals surface area (Å²) in [5.74, 6) is 0.623. The van der Waals surface area contributed by atoms with Crippen LogP contribution in [0.15, 0.2) is 5.38 Å². The van der Waals surface area contributed by atoms with E-state index in [-0.39, 0.29) is 18.0 Å². The van der Waals surface area contributed by atoms with Crippen LogP contribution in [0.25, 0.3) is 0 Å². The fraction of sp³-hybridized carbons (Fsp3) is 0.611. The van der Waals surface area contributed by atoms with E-state index in [1.54, 1.807) is 11.3 Å². The minimum absolute atomic E-state index is 0.0180. The first-order valence-electron chi connectivity index (χ1n) is 8.73. The molecule has 2 atom stereocenters. The van der Waals surface area contributed by atoms with Crippen molar-refractivity contribution in [1.29, 1.82) is 0 Å². The molecule has 0 radical (unpaired) electrons. The average Bonchev–Trinajstić information content (AvgIpc) is 3.19. The van der Waals surface area contributed by atoms with Crippen molar-refractivity contribution in [3.63, 3.8) is 0 Å². The van der Waals surface area contributed by atoms with Gasteiger partial charge in [0.25, 0.3) is 0 Å². The molecule has 6 nitrogen and oxygen atoms in total. The summed E-state index contributed by atoms with van der Waals surface area (Å²) in [6.07, 6.45) is 0.510. The number of rotatable bonds is 5. The van der Waals surface area contributed by atoms with E-state index in [9.17, 15) is 4.79 Å². The maximum atomic E-state index is 12.3. The van der Waals surface area contributed by atoms with E-state index in [0.717, 1.165) is 27.7 Å². The second-order valence-electron chi connectivity index (χ2n) is 7.18. The van der Waals surface area contributed by atoms with Crippen LogP contribution in [0.4, 0.5) is 0 Å². The normalized spacial score (nSPS) is 20.9. The Morgan fingerprint density at radius 2 is 2.08 bits per heavy atom. The molecule has 0 aromatic carbocycles. The maximum Gasteiger partial charge on any atom is 0.224 e. The summed E-state index contributed by atoms with van der Waals surface area (Å²) < 4.78 is 1.90. The number of likely N-dealkylation sites (N-methyl/N-ethyl adjacent to an activating group) is 1. The summed E-state index contributed by atoms with van der Waals surface area (Å²) in [5, 5.41) is 11.4. The van der Waals surface area contributed by atoms with Gasteiger partial charge in [0.15, 0.2) is 0 Å². The predicted octanol–water partition coefficient (Wildman–Crippen LogP) is 2.68. The zero-order valence-corrected chi connectivity index (χ0v) is 16.6. The predicted molar refractivity (Wildman–Crippen MR) is 99.6 cm³/mol. The van der Waals surface area contributed by atoms with Gasteiger partial charge in [0.05, 0.1) is 22.4 Å². The molecule has 1 amide bonds. The molecule has 2 aromatic rings. The summed E-state index contributed by atoms with van der Waals surface area (Å²) in [6.45, 7) is 9.09. The molecule has 1 fully saturated rings. The van der Waals surface area contributed by atoms with Gasteiger partial charge in [-0.3, -0.25) is 9.48 Å². The van der Waals surface area contributed by atoms with Gasteiger partial charge in [0.1, 0.15) is 0 Å². The first-order valence-corrected chi connectivity index (χ1v) is 9.61. The summed E-state index contributed by atoms with van der Waals surface area (Å²) in [4.78, 5) is 18.9. The Morgan fingerprint density at radius 3 is 2.64 bits per heavy atom. The minimum atomic E-state index is 0.0180. The SMILES string of the molecule is Cc1nn(C)c(C)c1[C@H]1[C@H](NCc2csc(C(C)C)n2)CC(=O)N1C. The molecular formula is C18H27N5OS. The van der Waals surface area contributed by atoms with Crippen molar-refractivity contribution in [3.05, 3.63) is 33.0 Å². The molecule has 2 aromatic heterocycles. The fourth-order valence-electron chi connectivity index (χ4n) is 3.57. The molecule has 25 heavy (non-hydrogen) atoms. The van der Waals surface area contributed by atoms with Crippen LogP contribution in [0.3, 0.4) is 0 Å². The van der Waals surface area contributed by atoms with Gasteiger partial charge in [-0.2, -0.15) is 5.10 Å². The third-order valence-electron chi connectivity index (χ3n) is 5.06. The van der Waals surface area contributed by atoms with Crippen molar-refractivity contribution in [3.8, 4) is 0 Å². The number of nitrogens with zero attached hydrogens (tertiary/aromatic N) is 4. The summed E-state index contributed by atoms with van der Waals surface area (Å²) in [7, 11) is 3.84. The molecule has 3 heterocycles. The van der Waals surface area contributed by atoms with E-state index in [1.165, 1.54) is 0 Å². The second-order valence-corrected chi connectivity index (χ2v) is 8.07. The lowest BCUT2D eigenvalue weighted by atomic mass is 9.98. The molecule has 0 saturated carbocycles. The van der Waals surface area contributed by atoms with E-state index >= 15 is 0 Å². The fourth-order valence-corrected chi connectivity index (χ4v) is 4.41. The molecule has 0 bridgehead atoms. The molecule has 1 aliphatic heterocycles. The highest BCUT2D eigenvalue weighted by Crippen LogP contribution is 2.35. The molecule has 136 valence electrons. The van der Waals surface area contributed by atoms with Gasteiger partial charge in [-0.05, 0) is 13.8 Å². The van der Waals surface area contributed by atoms with E-state index in [2.05, 4.69) is 41.6 Å². The molecular weight excluding hydrogens is 334 g/mol. The smallest absolute Gasteiger partial charge is 0.224 e. The highest BCUT2D eigenvalue weighted by molar-refractivity contribution is 7.09. The minimum Gasteiger partial charge on any atom is -0.337 e. The van der Waals surface area contributed by atoms with Crippen molar-refractivity contribution in [1.82, 2.24) is 25.0 Å². The zero-order chi connectivity index (χ0) is 18.3. The molecule has 0 spiro atoms. The highest BCUT2D eigenvalue weighted by atomic mass is 32.1. The van der Waals surface area contributed by atoms with Crippen molar-refractivity contribution in [2.75, 3.05) is 7.05 Å². The van der Waals surface area contributed by atoms with E-state index in [1.807, 2.05) is 30.6 Å². The number of carbonyl (C=O) groups excluding carboxylic acids is 1. The highest BCUT2D eigenvalue weighted by Gasteiger charge is 2.40. The number of thiazole rings is 1. The molecule has 0 unspecified atom stereocenters. The van der Waals surface area contributed by atoms with Gasteiger partial charge in [-0.25, -0.2) is 4.98 Å². The first kappa shape index (κ1) is 18.1. The largest absolute Gasteiger partial charge is 0.337 e. The monoisotopic (exact) mass is 361 g/mol. The Bertz CT molecular complexity index is 779. The molecule has 1 aliphatic rings. The third kappa shape index (κ3) is 3.35. The molecule has 1 N–H and O–H groups in total. The number of aryl methyl sites for hydroxylation is 2. The molecule has 0 aliphatic carbocycles. The average molecular weight is 362 g/mol. The van der Waals surface area contributed by atoms with Crippen LogP contribution in [0, 0.1) is 13.8 Å². The lowest BCUT2D eigenvalue weighted by molar-refractivity contribution is -0.127. The number of likely N-dealkylation sites (tertiary alicyclic amines) is 1. The van der Waals surface area contributed by atoms with Crippen LogP contribution >= 0.6 is 11.3 Å². The Labute approximate surface area is 153 Å². The Hall–Kier alpha value is -1.73. The number of aromatic nitrogens is 3. The molecule has 1 saturated heterocycles. The van der Waals surface area contributed by atoms with Gasteiger partial charge in [-0.1, -0.05) is 13.8 Å². The standard InChI is InChI=1S/C18H27N5OS/c1-10(2)18-20-13(9-25-18)8-19-14-7-15(24)22(5)17(14)16-11(3)21-23(6)12(16)4/h9-10,14,17,19H,7-8H2,1-6H3/t14-,17-/m1/s1. The van der Waals surface area contributed by atoms with Crippen LogP contribution in [0.1, 0.15) is 59.9 Å². The van der Waals surface area contributed by atoms with Crippen molar-refractivity contribution in [2.45, 2.75) is 58.7 Å². The number of hydrogen-bond acceptors (Lipinski definition) is 5. The van der Waals surface area contributed by atoms with Gasteiger partial charge in [-0.15, -0.1) is 11.3 Å². The van der Waals surface area contributed by atoms with Crippen LogP contribution in [-0.2, 0) is 18.4 Å². The summed E-state index contributed by atoms with van der Waals surface area (Å²) in [6, 6.07) is 0.0905. The quantitative estimate of drug-likeness (QED) is 0.889. The van der Waals surface area contributed by atoms with Crippen LogP contribution in [0.5, 0.6) is 0 Å². The molecule has 3 rings (SSSR count). The van der Waals surface area contributed by atoms with E-state index in [4.69, 9.17) is 0 Å². The summed E-state index contributed by atoms with van der Waals surface area (Å²) in [5.41, 5.74) is 4.32. The lowest BCUT2D eigenvalue weighted by Gasteiger charge is -2.26. The van der Waals surface area contributed by atoms with Gasteiger partial charge < -0.3 is 10.2 Å². The number of amides is 1. The number of nitrogens with one attached hydrogen (secondary N) is 1. The summed E-state index contributed by atoms with van der Waals surface area (Å²) >= 11 is 1.70. The number of hydrogen-bond donors (Lipinski definition) is 1. The van der Waals surface area contributed by atoms with E-state index < -0.39 is 0 Å². The molecule has 7 heteroatoms. The Balaban J connectivity index is 1.80. The Morgan fingerprint density at radius 1 is 1.36 bits per heavy atom. The van der Waals surface area contributed by atoms with Crippen molar-refractivity contribution < 1.29 is 4.79 Å².